The molecule has 1 fully saturated rings. The molecule has 0 aliphatic carbocycles. The number of fused-ring (bicyclic) bond motifs is 3. The van der Waals surface area contributed by atoms with Gasteiger partial charge in [0.05, 0.1) is 30.4 Å². The Kier molecular flexibility index (Phi) is 8.18. The Morgan fingerprint density at radius 3 is 2.62 bits per heavy atom. The van der Waals surface area contributed by atoms with Crippen molar-refractivity contribution in [2.45, 2.75) is 19.3 Å². The Labute approximate surface area is 200 Å². The Balaban J connectivity index is 0.00000144. The molecule has 0 unspecified atom stereocenters. The van der Waals surface area contributed by atoms with Crippen molar-refractivity contribution in [3.8, 4) is 22.8 Å². The lowest BCUT2D eigenvalue weighted by atomic mass is 10.1. The first kappa shape index (κ1) is 24.1. The number of aromatic nitrogens is 3. The SMILES string of the molecule is COc1cc2c(cc1OCCCN1CCCC1)[nH]c1ccnc(-c3cccnc3)c12.Cl.Cl. The van der Waals surface area contributed by atoms with Gasteiger partial charge in [0, 0.05) is 47.5 Å². The molecule has 1 N–H and O–H groups in total. The molecular weight excluding hydrogens is 447 g/mol. The maximum atomic E-state index is 6.11. The fourth-order valence-corrected chi connectivity index (χ4v) is 4.32. The summed E-state index contributed by atoms with van der Waals surface area (Å²) in [5.41, 5.74) is 3.95. The summed E-state index contributed by atoms with van der Waals surface area (Å²) in [6.45, 7) is 4.22. The molecule has 0 amide bonds. The Morgan fingerprint density at radius 1 is 1.03 bits per heavy atom. The first-order valence-corrected chi connectivity index (χ1v) is 10.6. The van der Waals surface area contributed by atoms with E-state index in [0.29, 0.717) is 6.61 Å². The van der Waals surface area contributed by atoms with E-state index in [0.717, 1.165) is 57.5 Å². The van der Waals surface area contributed by atoms with Crippen molar-refractivity contribution in [2.24, 2.45) is 0 Å². The van der Waals surface area contributed by atoms with Gasteiger partial charge in [0.25, 0.3) is 0 Å². The summed E-state index contributed by atoms with van der Waals surface area (Å²) in [4.78, 5) is 14.9. The minimum atomic E-state index is 0. The number of pyridine rings is 2. The smallest absolute Gasteiger partial charge is 0.163 e. The molecule has 4 aromatic rings. The van der Waals surface area contributed by atoms with Crippen molar-refractivity contribution in [1.29, 1.82) is 0 Å². The number of hydrogen-bond acceptors (Lipinski definition) is 5. The average molecular weight is 475 g/mol. The van der Waals surface area contributed by atoms with E-state index in [4.69, 9.17) is 9.47 Å². The molecule has 1 saturated heterocycles. The summed E-state index contributed by atoms with van der Waals surface area (Å²) in [5, 5.41) is 2.14. The van der Waals surface area contributed by atoms with Crippen LogP contribution in [0.4, 0.5) is 0 Å². The second-order valence-corrected chi connectivity index (χ2v) is 7.75. The first-order valence-electron chi connectivity index (χ1n) is 10.6. The van der Waals surface area contributed by atoms with Gasteiger partial charge in [-0.3, -0.25) is 9.97 Å². The summed E-state index contributed by atoms with van der Waals surface area (Å²) in [6.07, 6.45) is 9.10. The number of benzene rings is 1. The Morgan fingerprint density at radius 2 is 1.88 bits per heavy atom. The zero-order chi connectivity index (χ0) is 20.3. The predicted molar refractivity (Wildman–Crippen MR) is 134 cm³/mol. The van der Waals surface area contributed by atoms with Crippen LogP contribution in [0.25, 0.3) is 33.1 Å². The van der Waals surface area contributed by atoms with Crippen molar-refractivity contribution in [1.82, 2.24) is 19.9 Å². The standard InChI is InChI=1S/C24H26N4O2.2ClH/c1-29-21-14-18-20(15-22(21)30-13-5-12-28-10-2-3-11-28)27-19-7-9-26-24(23(18)19)17-6-4-8-25-16-17;;/h4,6-9,14-16,27H,2-3,5,10-13H2,1H3;2*1H. The fraction of sp³-hybridized carbons (Fsp3) is 0.333. The number of ether oxygens (including phenoxy) is 2. The number of aromatic amines is 1. The highest BCUT2D eigenvalue weighted by Crippen LogP contribution is 2.38. The van der Waals surface area contributed by atoms with E-state index >= 15 is 0 Å². The van der Waals surface area contributed by atoms with Gasteiger partial charge in [-0.25, -0.2) is 0 Å². The Hall–Kier alpha value is -2.54. The summed E-state index contributed by atoms with van der Waals surface area (Å²) >= 11 is 0. The number of nitrogens with one attached hydrogen (secondary N) is 1. The molecule has 3 aromatic heterocycles. The molecule has 0 bridgehead atoms. The quantitative estimate of drug-likeness (QED) is 0.358. The van der Waals surface area contributed by atoms with E-state index in [1.54, 1.807) is 13.3 Å². The van der Waals surface area contributed by atoms with E-state index in [2.05, 4.69) is 19.9 Å². The second kappa shape index (κ2) is 10.9. The maximum absolute atomic E-state index is 6.11. The molecule has 32 heavy (non-hydrogen) atoms. The third kappa shape index (κ3) is 4.77. The fourth-order valence-electron chi connectivity index (χ4n) is 4.32. The third-order valence-electron chi connectivity index (χ3n) is 5.80. The zero-order valence-corrected chi connectivity index (χ0v) is 19.7. The summed E-state index contributed by atoms with van der Waals surface area (Å²) in [6, 6.07) is 10.0. The van der Waals surface area contributed by atoms with Crippen molar-refractivity contribution in [3.63, 3.8) is 0 Å². The van der Waals surface area contributed by atoms with Gasteiger partial charge in [-0.1, -0.05) is 0 Å². The molecule has 1 aliphatic heterocycles. The normalized spacial score (nSPS) is 13.7. The van der Waals surface area contributed by atoms with Crippen LogP contribution in [0.1, 0.15) is 19.3 Å². The van der Waals surface area contributed by atoms with Crippen LogP contribution in [-0.2, 0) is 0 Å². The number of nitrogens with zero attached hydrogens (tertiary/aromatic N) is 3. The molecular formula is C24H28Cl2N4O2. The van der Waals surface area contributed by atoms with Gasteiger partial charge in [-0.15, -0.1) is 24.8 Å². The van der Waals surface area contributed by atoms with Crippen molar-refractivity contribution >= 4 is 46.6 Å². The van der Waals surface area contributed by atoms with Gasteiger partial charge in [-0.05, 0) is 56.6 Å². The predicted octanol–water partition coefficient (Wildman–Crippen LogP) is 5.50. The molecule has 1 aromatic carbocycles. The molecule has 5 rings (SSSR count). The van der Waals surface area contributed by atoms with E-state index in [9.17, 15) is 0 Å². The second-order valence-electron chi connectivity index (χ2n) is 7.75. The van der Waals surface area contributed by atoms with E-state index in [1.165, 1.54) is 25.9 Å². The average Bonchev–Trinajstić information content (AvgIpc) is 3.43. The topological polar surface area (TPSA) is 63.3 Å². The first-order chi connectivity index (χ1) is 14.8. The van der Waals surface area contributed by atoms with Gasteiger partial charge in [0.1, 0.15) is 0 Å². The van der Waals surface area contributed by atoms with Gasteiger partial charge in [-0.2, -0.15) is 0 Å². The van der Waals surface area contributed by atoms with E-state index < -0.39 is 0 Å². The Bertz CT molecular complexity index is 1160. The summed E-state index contributed by atoms with van der Waals surface area (Å²) in [5.74, 6) is 1.51. The molecule has 0 saturated carbocycles. The van der Waals surface area contributed by atoms with E-state index in [-0.39, 0.29) is 24.8 Å². The molecule has 0 spiro atoms. The lowest BCUT2D eigenvalue weighted by Gasteiger charge is -2.15. The van der Waals surface area contributed by atoms with Gasteiger partial charge in [0.2, 0.25) is 0 Å². The van der Waals surface area contributed by atoms with Crippen LogP contribution in [0.3, 0.4) is 0 Å². The summed E-state index contributed by atoms with van der Waals surface area (Å²) in [7, 11) is 1.69. The molecule has 4 heterocycles. The number of hydrogen-bond donors (Lipinski definition) is 1. The third-order valence-corrected chi connectivity index (χ3v) is 5.80. The highest BCUT2D eigenvalue weighted by molar-refractivity contribution is 6.13. The number of rotatable bonds is 7. The van der Waals surface area contributed by atoms with E-state index in [1.807, 2.05) is 42.7 Å². The molecule has 6 nitrogen and oxygen atoms in total. The van der Waals surface area contributed by atoms with Crippen molar-refractivity contribution in [3.05, 3.63) is 48.9 Å². The minimum Gasteiger partial charge on any atom is -0.493 e. The number of halogens is 2. The summed E-state index contributed by atoms with van der Waals surface area (Å²) < 4.78 is 11.8. The van der Waals surface area contributed by atoms with Gasteiger partial charge < -0.3 is 19.4 Å². The number of likely N-dealkylation sites (tertiary alicyclic amines) is 1. The van der Waals surface area contributed by atoms with Gasteiger partial charge >= 0.3 is 0 Å². The van der Waals surface area contributed by atoms with Crippen molar-refractivity contribution < 1.29 is 9.47 Å². The molecule has 1 aliphatic rings. The lowest BCUT2D eigenvalue weighted by molar-refractivity contribution is 0.254. The number of methoxy groups -OCH3 is 1. The van der Waals surface area contributed by atoms with Crippen LogP contribution in [0.15, 0.2) is 48.9 Å². The molecule has 0 atom stereocenters. The zero-order valence-electron chi connectivity index (χ0n) is 18.0. The van der Waals surface area contributed by atoms with Crippen molar-refractivity contribution in [2.75, 3.05) is 33.4 Å². The highest BCUT2D eigenvalue weighted by Gasteiger charge is 2.16. The molecule has 170 valence electrons. The van der Waals surface area contributed by atoms with Crippen LogP contribution in [0, 0.1) is 0 Å². The van der Waals surface area contributed by atoms with Crippen LogP contribution < -0.4 is 9.47 Å². The number of H-pyrrole nitrogens is 1. The maximum Gasteiger partial charge on any atom is 0.163 e. The van der Waals surface area contributed by atoms with Crippen LogP contribution >= 0.6 is 24.8 Å². The monoisotopic (exact) mass is 474 g/mol. The molecule has 0 radical (unpaired) electrons. The minimum absolute atomic E-state index is 0. The lowest BCUT2D eigenvalue weighted by Crippen LogP contribution is -2.21. The van der Waals surface area contributed by atoms with Crippen LogP contribution in [-0.4, -0.2) is 53.2 Å². The highest BCUT2D eigenvalue weighted by atomic mass is 35.5. The van der Waals surface area contributed by atoms with Crippen LogP contribution in [0.5, 0.6) is 11.5 Å². The van der Waals surface area contributed by atoms with Gasteiger partial charge in [0.15, 0.2) is 11.5 Å². The largest absolute Gasteiger partial charge is 0.493 e. The molecule has 8 heteroatoms. The van der Waals surface area contributed by atoms with Crippen LogP contribution in [0.2, 0.25) is 0 Å².